The van der Waals surface area contributed by atoms with Crippen molar-refractivity contribution >= 4 is 11.8 Å². The number of benzene rings is 2. The molecule has 0 saturated heterocycles. The van der Waals surface area contributed by atoms with Crippen LogP contribution in [0.2, 0.25) is 0 Å². The molecular formula is C22H24N4O4S. The van der Waals surface area contributed by atoms with E-state index in [0.717, 1.165) is 16.8 Å². The maximum Gasteiger partial charge on any atom is 0.220 e. The van der Waals surface area contributed by atoms with Gasteiger partial charge in [0.2, 0.25) is 6.54 Å². The summed E-state index contributed by atoms with van der Waals surface area (Å²) in [6, 6.07) is 13.3. The maximum atomic E-state index is 11.4. The Bertz CT molecular complexity index is 1070. The number of thioether (sulfide) groups is 1. The molecule has 0 unspecified atom stereocenters. The quantitative estimate of drug-likeness (QED) is 0.197. The Balaban J connectivity index is 1.96. The second kappa shape index (κ2) is 10.1. The van der Waals surface area contributed by atoms with Crippen LogP contribution in [0.1, 0.15) is 22.2 Å². The Morgan fingerprint density at radius 2 is 1.94 bits per heavy atom. The first-order chi connectivity index (χ1) is 14.9. The SMILES string of the molecule is C=CCOc1ccc([C@@H](C[N+](=O)[O-])Sc2nnc(C)n2-c2ccc(C)cc2)cc1OC. The highest BCUT2D eigenvalue weighted by atomic mass is 32.2. The van der Waals surface area contributed by atoms with Crippen molar-refractivity contribution in [1.29, 1.82) is 0 Å². The molecule has 0 N–H and O–H groups in total. The van der Waals surface area contributed by atoms with E-state index in [1.165, 1.54) is 18.9 Å². The topological polar surface area (TPSA) is 92.3 Å². The molecule has 1 heterocycles. The van der Waals surface area contributed by atoms with E-state index in [2.05, 4.69) is 16.8 Å². The third kappa shape index (κ3) is 5.43. The third-order valence-electron chi connectivity index (χ3n) is 4.57. The van der Waals surface area contributed by atoms with Crippen molar-refractivity contribution in [2.45, 2.75) is 24.3 Å². The molecule has 8 nitrogen and oxygen atoms in total. The van der Waals surface area contributed by atoms with Crippen molar-refractivity contribution in [2.24, 2.45) is 0 Å². The highest BCUT2D eigenvalue weighted by molar-refractivity contribution is 7.99. The van der Waals surface area contributed by atoms with Crippen LogP contribution >= 0.6 is 11.8 Å². The zero-order valence-electron chi connectivity index (χ0n) is 17.6. The fraction of sp³-hybridized carbons (Fsp3) is 0.273. The number of hydrogen-bond acceptors (Lipinski definition) is 7. The molecule has 3 aromatic rings. The average molecular weight is 441 g/mol. The van der Waals surface area contributed by atoms with Crippen molar-refractivity contribution < 1.29 is 14.4 Å². The molecule has 1 aromatic heterocycles. The van der Waals surface area contributed by atoms with Gasteiger partial charge in [0.15, 0.2) is 16.7 Å². The molecule has 0 aliphatic rings. The number of nitrogens with zero attached hydrogens (tertiary/aromatic N) is 4. The van der Waals surface area contributed by atoms with Crippen LogP contribution in [0, 0.1) is 24.0 Å². The van der Waals surface area contributed by atoms with Crippen LogP contribution in [-0.4, -0.2) is 39.9 Å². The lowest BCUT2D eigenvalue weighted by molar-refractivity contribution is -0.479. The first kappa shape index (κ1) is 22.4. The van der Waals surface area contributed by atoms with Gasteiger partial charge in [-0.25, -0.2) is 0 Å². The highest BCUT2D eigenvalue weighted by Gasteiger charge is 2.25. The van der Waals surface area contributed by atoms with Gasteiger partial charge in [-0.05, 0) is 43.7 Å². The monoisotopic (exact) mass is 440 g/mol. The van der Waals surface area contributed by atoms with E-state index in [9.17, 15) is 10.1 Å². The zero-order chi connectivity index (χ0) is 22.4. The molecule has 0 aliphatic heterocycles. The summed E-state index contributed by atoms with van der Waals surface area (Å²) in [6.45, 7) is 7.57. The first-order valence-corrected chi connectivity index (χ1v) is 10.5. The summed E-state index contributed by atoms with van der Waals surface area (Å²) in [7, 11) is 1.53. The van der Waals surface area contributed by atoms with Gasteiger partial charge >= 0.3 is 0 Å². The molecule has 0 saturated carbocycles. The van der Waals surface area contributed by atoms with Gasteiger partial charge in [-0.15, -0.1) is 10.2 Å². The van der Waals surface area contributed by atoms with Crippen molar-refractivity contribution in [1.82, 2.24) is 14.8 Å². The molecule has 0 fully saturated rings. The zero-order valence-corrected chi connectivity index (χ0v) is 18.5. The van der Waals surface area contributed by atoms with Gasteiger partial charge in [-0.3, -0.25) is 14.7 Å². The van der Waals surface area contributed by atoms with Crippen LogP contribution in [0.4, 0.5) is 0 Å². The largest absolute Gasteiger partial charge is 0.493 e. The van der Waals surface area contributed by atoms with Crippen LogP contribution in [0.15, 0.2) is 60.3 Å². The van der Waals surface area contributed by atoms with E-state index in [1.54, 1.807) is 18.2 Å². The fourth-order valence-electron chi connectivity index (χ4n) is 3.04. The molecular weight excluding hydrogens is 416 g/mol. The number of rotatable bonds is 10. The molecule has 2 aromatic carbocycles. The van der Waals surface area contributed by atoms with Crippen molar-refractivity contribution in [3.63, 3.8) is 0 Å². The van der Waals surface area contributed by atoms with Crippen LogP contribution in [0.25, 0.3) is 5.69 Å². The predicted octanol–water partition coefficient (Wildman–Crippen LogP) is 4.57. The summed E-state index contributed by atoms with van der Waals surface area (Å²) >= 11 is 1.29. The average Bonchev–Trinajstić information content (AvgIpc) is 3.12. The minimum Gasteiger partial charge on any atom is -0.493 e. The van der Waals surface area contributed by atoms with Gasteiger partial charge in [0.05, 0.1) is 7.11 Å². The van der Waals surface area contributed by atoms with E-state index in [-0.39, 0.29) is 11.5 Å². The van der Waals surface area contributed by atoms with Crippen molar-refractivity contribution in [3.8, 4) is 17.2 Å². The predicted molar refractivity (Wildman–Crippen MR) is 120 cm³/mol. The summed E-state index contributed by atoms with van der Waals surface area (Å²) in [5.41, 5.74) is 2.78. The van der Waals surface area contributed by atoms with Gasteiger partial charge in [-0.2, -0.15) is 0 Å². The summed E-state index contributed by atoms with van der Waals surface area (Å²) in [5, 5.41) is 20.0. The Hall–Kier alpha value is -3.33. The summed E-state index contributed by atoms with van der Waals surface area (Å²) in [5.74, 6) is 1.76. The Kier molecular flexibility index (Phi) is 7.30. The minimum atomic E-state index is -0.495. The fourth-order valence-corrected chi connectivity index (χ4v) is 4.20. The smallest absolute Gasteiger partial charge is 0.220 e. The summed E-state index contributed by atoms with van der Waals surface area (Å²) in [4.78, 5) is 11.1. The summed E-state index contributed by atoms with van der Waals surface area (Å²) < 4.78 is 12.9. The van der Waals surface area contributed by atoms with Crippen LogP contribution in [0.3, 0.4) is 0 Å². The van der Waals surface area contributed by atoms with Crippen molar-refractivity contribution in [3.05, 3.63) is 82.2 Å². The number of ether oxygens (including phenoxy) is 2. The third-order valence-corrected chi connectivity index (χ3v) is 5.75. The molecule has 0 aliphatic carbocycles. The molecule has 31 heavy (non-hydrogen) atoms. The minimum absolute atomic E-state index is 0.277. The van der Waals surface area contributed by atoms with E-state index < -0.39 is 5.25 Å². The molecule has 9 heteroatoms. The number of methoxy groups -OCH3 is 1. The second-order valence-corrected chi connectivity index (χ2v) is 8.00. The molecule has 3 rings (SSSR count). The van der Waals surface area contributed by atoms with E-state index in [0.29, 0.717) is 29.1 Å². The standard InChI is InChI=1S/C22H24N4O4S/c1-5-12-30-19-11-8-17(13-20(19)29-4)21(14-25(27)28)31-22-24-23-16(3)26(22)18-9-6-15(2)7-10-18/h5-11,13,21H,1,12,14H2,2-4H3/t21-/m1/s1. The maximum absolute atomic E-state index is 11.4. The summed E-state index contributed by atoms with van der Waals surface area (Å²) in [6.07, 6.45) is 1.64. The number of nitro groups is 1. The van der Waals surface area contributed by atoms with E-state index in [4.69, 9.17) is 9.47 Å². The lowest BCUT2D eigenvalue weighted by atomic mass is 10.1. The van der Waals surface area contributed by atoms with Gasteiger partial charge in [0.25, 0.3) is 0 Å². The second-order valence-electron chi connectivity index (χ2n) is 6.83. The molecule has 162 valence electrons. The van der Waals surface area contributed by atoms with Gasteiger partial charge in [0.1, 0.15) is 17.7 Å². The lowest BCUT2D eigenvalue weighted by Gasteiger charge is -2.16. The molecule has 1 atom stereocenters. The highest BCUT2D eigenvalue weighted by Crippen LogP contribution is 2.39. The van der Waals surface area contributed by atoms with Crippen molar-refractivity contribution in [2.75, 3.05) is 20.3 Å². The lowest BCUT2D eigenvalue weighted by Crippen LogP contribution is -2.11. The van der Waals surface area contributed by atoms with Crippen LogP contribution in [0.5, 0.6) is 11.5 Å². The van der Waals surface area contributed by atoms with Gasteiger partial charge in [-0.1, -0.05) is 48.2 Å². The van der Waals surface area contributed by atoms with E-state index >= 15 is 0 Å². The number of hydrogen-bond donors (Lipinski definition) is 0. The van der Waals surface area contributed by atoms with Gasteiger partial charge in [0, 0.05) is 10.6 Å². The molecule has 0 amide bonds. The van der Waals surface area contributed by atoms with Crippen LogP contribution in [-0.2, 0) is 0 Å². The van der Waals surface area contributed by atoms with Gasteiger partial charge < -0.3 is 9.47 Å². The number of aromatic nitrogens is 3. The normalized spacial score (nSPS) is 11.7. The Morgan fingerprint density at radius 3 is 2.58 bits per heavy atom. The molecule has 0 spiro atoms. The molecule has 0 bridgehead atoms. The van der Waals surface area contributed by atoms with E-state index in [1.807, 2.05) is 48.7 Å². The Morgan fingerprint density at radius 1 is 1.19 bits per heavy atom. The van der Waals surface area contributed by atoms with Crippen LogP contribution < -0.4 is 9.47 Å². The molecule has 0 radical (unpaired) electrons. The number of aryl methyl sites for hydroxylation is 2. The first-order valence-electron chi connectivity index (χ1n) is 9.62. The Labute approximate surface area is 185 Å².